The Kier molecular flexibility index (Phi) is 8.58. The molecule has 1 saturated heterocycles. The Morgan fingerprint density at radius 3 is 2.73 bits per heavy atom. The van der Waals surface area contributed by atoms with Gasteiger partial charge in [-0.1, -0.05) is 6.07 Å². The second-order valence-electron chi connectivity index (χ2n) is 7.41. The number of nitrogens with zero attached hydrogens (tertiary/aromatic N) is 4. The minimum atomic E-state index is 0. The van der Waals surface area contributed by atoms with Gasteiger partial charge in [-0.05, 0) is 31.0 Å². The largest absolute Gasteiger partial charge is 0.454 e. The van der Waals surface area contributed by atoms with Crippen LogP contribution in [0.3, 0.4) is 0 Å². The fourth-order valence-electron chi connectivity index (χ4n) is 3.70. The van der Waals surface area contributed by atoms with Gasteiger partial charge in [-0.2, -0.15) is 0 Å². The number of hydrogen-bond acceptors (Lipinski definition) is 6. The van der Waals surface area contributed by atoms with Crippen molar-refractivity contribution in [2.24, 2.45) is 4.99 Å². The Morgan fingerprint density at radius 2 is 2.00 bits per heavy atom. The van der Waals surface area contributed by atoms with Crippen LogP contribution in [0.15, 0.2) is 28.6 Å². The zero-order valence-electron chi connectivity index (χ0n) is 17.6. The van der Waals surface area contributed by atoms with Crippen LogP contribution >= 0.6 is 35.3 Å². The van der Waals surface area contributed by atoms with Gasteiger partial charge < -0.3 is 19.7 Å². The van der Waals surface area contributed by atoms with E-state index in [-0.39, 0.29) is 24.0 Å². The smallest absolute Gasteiger partial charge is 0.231 e. The first-order valence-electron chi connectivity index (χ1n) is 10.2. The van der Waals surface area contributed by atoms with Gasteiger partial charge in [0.1, 0.15) is 0 Å². The van der Waals surface area contributed by atoms with E-state index in [1.165, 1.54) is 10.6 Å². The molecule has 1 aromatic carbocycles. The fourth-order valence-corrected chi connectivity index (χ4v) is 4.52. The lowest BCUT2D eigenvalue weighted by molar-refractivity contribution is 0.171. The highest BCUT2D eigenvalue weighted by Crippen LogP contribution is 2.32. The Balaban J connectivity index is 0.00000256. The molecule has 1 fully saturated rings. The average Bonchev–Trinajstić information content (AvgIpc) is 3.37. The number of guanidine groups is 1. The van der Waals surface area contributed by atoms with Crippen molar-refractivity contribution in [3.05, 3.63) is 39.8 Å². The average molecular weight is 543 g/mol. The molecule has 9 heteroatoms. The SMILES string of the molecule is CN=C(NCCCc1nc(C)cs1)N1CCN(Cc2ccc3c(c2)OCO3)CC1.I. The third kappa shape index (κ3) is 5.98. The standard InChI is InChI=1S/C21H29N5O2S.HI/c1-16-14-29-20(24-16)4-3-7-23-21(22-2)26-10-8-25(9-11-26)13-17-5-6-18-19(12-17)28-15-27-18;/h5-6,12,14H,3-4,7-11,13,15H2,1-2H3,(H,22,23);1H. The van der Waals surface area contributed by atoms with Crippen molar-refractivity contribution >= 4 is 41.3 Å². The molecule has 3 heterocycles. The molecule has 1 N–H and O–H groups in total. The van der Waals surface area contributed by atoms with Crippen molar-refractivity contribution in [2.45, 2.75) is 26.3 Å². The quantitative estimate of drug-likeness (QED) is 0.262. The monoisotopic (exact) mass is 543 g/mol. The molecule has 2 aromatic rings. The van der Waals surface area contributed by atoms with Crippen LogP contribution in [-0.2, 0) is 13.0 Å². The molecule has 0 aliphatic carbocycles. The highest BCUT2D eigenvalue weighted by Gasteiger charge is 2.20. The summed E-state index contributed by atoms with van der Waals surface area (Å²) in [5.41, 5.74) is 2.38. The molecule has 0 amide bonds. The molecular formula is C21H30IN5O2S. The van der Waals surface area contributed by atoms with Gasteiger partial charge in [0.05, 0.1) is 5.01 Å². The molecule has 7 nitrogen and oxygen atoms in total. The van der Waals surface area contributed by atoms with E-state index < -0.39 is 0 Å². The summed E-state index contributed by atoms with van der Waals surface area (Å²) in [5.74, 6) is 2.71. The Morgan fingerprint density at radius 1 is 1.20 bits per heavy atom. The number of thiazole rings is 1. The molecule has 2 aliphatic heterocycles. The van der Waals surface area contributed by atoms with E-state index in [0.717, 1.165) is 75.3 Å². The number of rotatable bonds is 6. The predicted octanol–water partition coefficient (Wildman–Crippen LogP) is 3.12. The molecule has 2 aliphatic rings. The van der Waals surface area contributed by atoms with E-state index in [9.17, 15) is 0 Å². The van der Waals surface area contributed by atoms with E-state index in [1.807, 2.05) is 20.0 Å². The zero-order valence-corrected chi connectivity index (χ0v) is 20.7. The number of aliphatic imine (C=N–C) groups is 1. The van der Waals surface area contributed by atoms with Crippen molar-refractivity contribution < 1.29 is 9.47 Å². The van der Waals surface area contributed by atoms with Crippen LogP contribution < -0.4 is 14.8 Å². The van der Waals surface area contributed by atoms with Crippen molar-refractivity contribution in [2.75, 3.05) is 46.6 Å². The molecule has 0 saturated carbocycles. The summed E-state index contributed by atoms with van der Waals surface area (Å²) >= 11 is 1.75. The molecule has 1 aromatic heterocycles. The normalized spacial score (nSPS) is 16.5. The third-order valence-corrected chi connectivity index (χ3v) is 6.27. The summed E-state index contributed by atoms with van der Waals surface area (Å²) in [4.78, 5) is 13.8. The number of fused-ring (bicyclic) bond motifs is 1. The summed E-state index contributed by atoms with van der Waals surface area (Å²) < 4.78 is 10.9. The second kappa shape index (κ2) is 11.1. The van der Waals surface area contributed by atoms with Crippen molar-refractivity contribution in [3.8, 4) is 11.5 Å². The van der Waals surface area contributed by atoms with Crippen LogP contribution in [0.2, 0.25) is 0 Å². The van der Waals surface area contributed by atoms with Crippen LogP contribution in [0, 0.1) is 6.92 Å². The minimum Gasteiger partial charge on any atom is -0.454 e. The van der Waals surface area contributed by atoms with Crippen molar-refractivity contribution in [3.63, 3.8) is 0 Å². The summed E-state index contributed by atoms with van der Waals surface area (Å²) in [6.45, 7) is 8.23. The summed E-state index contributed by atoms with van der Waals surface area (Å²) in [7, 11) is 1.87. The molecule has 4 rings (SSSR count). The summed E-state index contributed by atoms with van der Waals surface area (Å²) in [5, 5.41) is 6.85. The van der Waals surface area contributed by atoms with Crippen molar-refractivity contribution in [1.82, 2.24) is 20.1 Å². The predicted molar refractivity (Wildman–Crippen MR) is 131 cm³/mol. The molecule has 0 unspecified atom stereocenters. The Bertz CT molecular complexity index is 852. The van der Waals surface area contributed by atoms with Gasteiger partial charge in [-0.25, -0.2) is 4.98 Å². The number of benzene rings is 1. The highest BCUT2D eigenvalue weighted by molar-refractivity contribution is 14.0. The number of halogens is 1. The maximum absolute atomic E-state index is 5.49. The van der Waals surface area contributed by atoms with Crippen molar-refractivity contribution in [1.29, 1.82) is 0 Å². The summed E-state index contributed by atoms with van der Waals surface area (Å²) in [6.07, 6.45) is 2.09. The maximum Gasteiger partial charge on any atom is 0.231 e. The first-order valence-corrected chi connectivity index (χ1v) is 11.1. The lowest BCUT2D eigenvalue weighted by Crippen LogP contribution is -2.52. The maximum atomic E-state index is 5.49. The van der Waals surface area contributed by atoms with Gasteiger partial charge in [-0.3, -0.25) is 9.89 Å². The molecule has 0 bridgehead atoms. The van der Waals surface area contributed by atoms with Gasteiger partial charge in [0, 0.05) is 63.8 Å². The lowest BCUT2D eigenvalue weighted by Gasteiger charge is -2.36. The molecule has 0 radical (unpaired) electrons. The lowest BCUT2D eigenvalue weighted by atomic mass is 10.1. The van der Waals surface area contributed by atoms with E-state index in [1.54, 1.807) is 11.3 Å². The number of nitrogens with one attached hydrogen (secondary N) is 1. The first kappa shape index (κ1) is 23.1. The van der Waals surface area contributed by atoms with Crippen LogP contribution in [0.4, 0.5) is 0 Å². The number of piperazine rings is 1. The second-order valence-corrected chi connectivity index (χ2v) is 8.35. The van der Waals surface area contributed by atoms with E-state index in [0.29, 0.717) is 6.79 Å². The van der Waals surface area contributed by atoms with Crippen LogP contribution in [0.5, 0.6) is 11.5 Å². The first-order chi connectivity index (χ1) is 14.2. The highest BCUT2D eigenvalue weighted by atomic mass is 127. The topological polar surface area (TPSA) is 62.2 Å². The number of ether oxygens (including phenoxy) is 2. The van der Waals surface area contributed by atoms with Crippen LogP contribution in [0.25, 0.3) is 0 Å². The van der Waals surface area contributed by atoms with Gasteiger partial charge in [0.25, 0.3) is 0 Å². The Labute approximate surface area is 199 Å². The van der Waals surface area contributed by atoms with E-state index >= 15 is 0 Å². The minimum absolute atomic E-state index is 0. The molecule has 0 atom stereocenters. The number of aryl methyl sites for hydroxylation is 2. The summed E-state index contributed by atoms with van der Waals surface area (Å²) in [6, 6.07) is 6.23. The number of aromatic nitrogens is 1. The molecule has 164 valence electrons. The van der Waals surface area contributed by atoms with Gasteiger partial charge in [0.2, 0.25) is 6.79 Å². The third-order valence-electron chi connectivity index (χ3n) is 5.24. The molecule has 0 spiro atoms. The van der Waals surface area contributed by atoms with E-state index in [4.69, 9.17) is 9.47 Å². The van der Waals surface area contributed by atoms with Crippen LogP contribution in [-0.4, -0.2) is 67.3 Å². The fraction of sp³-hybridized carbons (Fsp3) is 0.524. The Hall–Kier alpha value is -1.59. The van der Waals surface area contributed by atoms with Gasteiger partial charge >= 0.3 is 0 Å². The number of hydrogen-bond donors (Lipinski definition) is 1. The van der Waals surface area contributed by atoms with Gasteiger partial charge in [0.15, 0.2) is 17.5 Å². The van der Waals surface area contributed by atoms with Crippen LogP contribution in [0.1, 0.15) is 22.7 Å². The van der Waals surface area contributed by atoms with Gasteiger partial charge in [-0.15, -0.1) is 35.3 Å². The van der Waals surface area contributed by atoms with E-state index in [2.05, 4.69) is 42.6 Å². The molecule has 30 heavy (non-hydrogen) atoms. The molecular weight excluding hydrogens is 513 g/mol. The zero-order chi connectivity index (χ0) is 20.1.